The molecule has 0 spiro atoms. The molecule has 1 saturated heterocycles. The van der Waals surface area contributed by atoms with Gasteiger partial charge in [-0.2, -0.15) is 0 Å². The van der Waals surface area contributed by atoms with Crippen LogP contribution >= 0.6 is 0 Å². The van der Waals surface area contributed by atoms with E-state index in [1.807, 2.05) is 24.3 Å². The summed E-state index contributed by atoms with van der Waals surface area (Å²) in [6.07, 6.45) is 0. The Hall–Kier alpha value is -3.26. The lowest BCUT2D eigenvalue weighted by atomic mass is 10.2. The highest BCUT2D eigenvalue weighted by Gasteiger charge is 2.21. The quantitative estimate of drug-likeness (QED) is 0.782. The number of benzene rings is 2. The first kappa shape index (κ1) is 20.5. The zero-order chi connectivity index (χ0) is 20.6. The number of piperazine rings is 1. The molecule has 1 aliphatic rings. The van der Waals surface area contributed by atoms with E-state index in [-0.39, 0.29) is 18.5 Å². The van der Waals surface area contributed by atoms with Crippen LogP contribution in [0.1, 0.15) is 0 Å². The number of hydrogen-bond acceptors (Lipinski definition) is 5. The molecule has 1 aliphatic heterocycles. The molecule has 0 bridgehead atoms. The molecule has 8 heteroatoms. The van der Waals surface area contributed by atoms with Crippen LogP contribution in [-0.2, 0) is 9.53 Å². The summed E-state index contributed by atoms with van der Waals surface area (Å²) in [5.41, 5.74) is 2.45. The second-order valence-corrected chi connectivity index (χ2v) is 6.66. The predicted molar refractivity (Wildman–Crippen MR) is 113 cm³/mol. The van der Waals surface area contributed by atoms with Gasteiger partial charge in [-0.3, -0.25) is 4.79 Å². The molecule has 2 aromatic rings. The lowest BCUT2D eigenvalue weighted by molar-refractivity contribution is -0.119. The number of anilines is 3. The zero-order valence-electron chi connectivity index (χ0n) is 16.7. The highest BCUT2D eigenvalue weighted by molar-refractivity contribution is 5.93. The summed E-state index contributed by atoms with van der Waals surface area (Å²) in [7, 11) is 3.12. The lowest BCUT2D eigenvalue weighted by Gasteiger charge is -2.36. The molecule has 154 valence electrons. The molecule has 2 N–H and O–H groups in total. The van der Waals surface area contributed by atoms with Gasteiger partial charge < -0.3 is 29.9 Å². The Morgan fingerprint density at radius 1 is 0.862 bits per heavy atom. The molecule has 0 unspecified atom stereocenters. The Kier molecular flexibility index (Phi) is 6.91. The van der Waals surface area contributed by atoms with Gasteiger partial charge in [0.25, 0.3) is 0 Å². The van der Waals surface area contributed by atoms with Gasteiger partial charge in [-0.25, -0.2) is 4.79 Å². The monoisotopic (exact) mass is 398 g/mol. The summed E-state index contributed by atoms with van der Waals surface area (Å²) >= 11 is 0. The molecule has 29 heavy (non-hydrogen) atoms. The van der Waals surface area contributed by atoms with Crippen LogP contribution in [0, 0.1) is 0 Å². The second-order valence-electron chi connectivity index (χ2n) is 6.66. The maximum atomic E-state index is 12.5. The average molecular weight is 398 g/mol. The fourth-order valence-corrected chi connectivity index (χ4v) is 3.13. The van der Waals surface area contributed by atoms with Gasteiger partial charge in [0.1, 0.15) is 12.4 Å². The smallest absolute Gasteiger partial charge is 0.321 e. The van der Waals surface area contributed by atoms with Crippen LogP contribution < -0.4 is 20.3 Å². The zero-order valence-corrected chi connectivity index (χ0v) is 16.7. The number of rotatable bonds is 6. The number of nitrogens with one attached hydrogen (secondary N) is 2. The summed E-state index contributed by atoms with van der Waals surface area (Å²) in [6.45, 7) is 2.82. The number of methoxy groups -OCH3 is 2. The molecular weight excluding hydrogens is 372 g/mol. The SMILES string of the molecule is COCC(=O)Nc1ccc(NC(=O)N2CCN(c3ccc(OC)cc3)CC2)cc1. The third-order valence-corrected chi connectivity index (χ3v) is 4.70. The minimum Gasteiger partial charge on any atom is -0.497 e. The van der Waals surface area contributed by atoms with E-state index < -0.39 is 0 Å². The fraction of sp³-hybridized carbons (Fsp3) is 0.333. The number of nitrogens with zero attached hydrogens (tertiary/aromatic N) is 2. The Morgan fingerprint density at radius 2 is 1.45 bits per heavy atom. The van der Waals surface area contributed by atoms with Crippen LogP contribution in [0.15, 0.2) is 48.5 Å². The van der Waals surface area contributed by atoms with Crippen molar-refractivity contribution in [3.8, 4) is 5.75 Å². The summed E-state index contributed by atoms with van der Waals surface area (Å²) in [5.74, 6) is 0.607. The van der Waals surface area contributed by atoms with Gasteiger partial charge in [0.2, 0.25) is 5.91 Å². The topological polar surface area (TPSA) is 83.1 Å². The number of carbonyl (C=O) groups excluding carboxylic acids is 2. The van der Waals surface area contributed by atoms with Crippen LogP contribution in [0.5, 0.6) is 5.75 Å². The molecule has 0 atom stereocenters. The molecule has 0 aliphatic carbocycles. The van der Waals surface area contributed by atoms with E-state index in [4.69, 9.17) is 9.47 Å². The Labute approximate surface area is 170 Å². The molecule has 0 radical (unpaired) electrons. The third-order valence-electron chi connectivity index (χ3n) is 4.70. The Bertz CT molecular complexity index is 816. The van der Waals surface area contributed by atoms with E-state index in [0.717, 1.165) is 24.5 Å². The fourth-order valence-electron chi connectivity index (χ4n) is 3.13. The van der Waals surface area contributed by atoms with E-state index >= 15 is 0 Å². The highest BCUT2D eigenvalue weighted by Crippen LogP contribution is 2.21. The number of carbonyl (C=O) groups is 2. The number of amides is 3. The van der Waals surface area contributed by atoms with Crippen LogP contribution in [0.3, 0.4) is 0 Å². The minimum atomic E-state index is -0.223. The molecular formula is C21H26N4O4. The number of hydrogen-bond donors (Lipinski definition) is 2. The average Bonchev–Trinajstić information content (AvgIpc) is 2.75. The first-order chi connectivity index (χ1) is 14.1. The summed E-state index contributed by atoms with van der Waals surface area (Å²) in [4.78, 5) is 28.1. The van der Waals surface area contributed by atoms with Crippen molar-refractivity contribution in [3.05, 3.63) is 48.5 Å². The van der Waals surface area contributed by atoms with E-state index in [1.54, 1.807) is 36.3 Å². The van der Waals surface area contributed by atoms with Crippen LogP contribution in [0.25, 0.3) is 0 Å². The molecule has 1 fully saturated rings. The molecule has 1 heterocycles. The number of ether oxygens (including phenoxy) is 2. The van der Waals surface area contributed by atoms with E-state index in [9.17, 15) is 9.59 Å². The van der Waals surface area contributed by atoms with Gasteiger partial charge in [-0.15, -0.1) is 0 Å². The maximum Gasteiger partial charge on any atom is 0.321 e. The highest BCUT2D eigenvalue weighted by atomic mass is 16.5. The van der Waals surface area contributed by atoms with E-state index in [2.05, 4.69) is 15.5 Å². The van der Waals surface area contributed by atoms with E-state index in [1.165, 1.54) is 7.11 Å². The molecule has 3 amide bonds. The first-order valence-corrected chi connectivity index (χ1v) is 9.43. The molecule has 0 saturated carbocycles. The van der Waals surface area contributed by atoms with Crippen molar-refractivity contribution in [2.75, 3.05) is 62.5 Å². The van der Waals surface area contributed by atoms with Crippen molar-refractivity contribution in [1.82, 2.24) is 4.90 Å². The van der Waals surface area contributed by atoms with Crippen LogP contribution in [0.4, 0.5) is 21.9 Å². The lowest BCUT2D eigenvalue weighted by Crippen LogP contribution is -2.50. The van der Waals surface area contributed by atoms with Crippen molar-refractivity contribution in [3.63, 3.8) is 0 Å². The van der Waals surface area contributed by atoms with Gasteiger partial charge in [0.05, 0.1) is 7.11 Å². The molecule has 8 nitrogen and oxygen atoms in total. The van der Waals surface area contributed by atoms with Gasteiger partial charge >= 0.3 is 6.03 Å². The first-order valence-electron chi connectivity index (χ1n) is 9.43. The Balaban J connectivity index is 1.48. The molecule has 3 rings (SSSR count). The standard InChI is InChI=1S/C21H26N4O4/c1-28-15-20(26)22-16-3-5-17(6-4-16)23-21(27)25-13-11-24(12-14-25)18-7-9-19(29-2)10-8-18/h3-10H,11-15H2,1-2H3,(H,22,26)(H,23,27). The van der Waals surface area contributed by atoms with Crippen molar-refractivity contribution < 1.29 is 19.1 Å². The van der Waals surface area contributed by atoms with Gasteiger partial charge in [-0.05, 0) is 48.5 Å². The minimum absolute atomic E-state index is 0.000983. The van der Waals surface area contributed by atoms with E-state index in [0.29, 0.717) is 24.5 Å². The largest absolute Gasteiger partial charge is 0.497 e. The maximum absolute atomic E-state index is 12.5. The molecule has 2 aromatic carbocycles. The van der Waals surface area contributed by atoms with Gasteiger partial charge in [0.15, 0.2) is 0 Å². The van der Waals surface area contributed by atoms with Gasteiger partial charge in [0, 0.05) is 50.4 Å². The molecule has 0 aromatic heterocycles. The summed E-state index contributed by atoms with van der Waals surface area (Å²) in [5, 5.41) is 5.62. The Morgan fingerprint density at radius 3 is 2.00 bits per heavy atom. The van der Waals surface area contributed by atoms with Crippen molar-refractivity contribution in [2.45, 2.75) is 0 Å². The third kappa shape index (κ3) is 5.61. The predicted octanol–water partition coefficient (Wildman–Crippen LogP) is 2.63. The van der Waals surface area contributed by atoms with Crippen molar-refractivity contribution in [1.29, 1.82) is 0 Å². The van der Waals surface area contributed by atoms with Gasteiger partial charge in [-0.1, -0.05) is 0 Å². The normalized spacial score (nSPS) is 13.7. The van der Waals surface area contributed by atoms with Crippen molar-refractivity contribution in [2.24, 2.45) is 0 Å². The number of urea groups is 1. The van der Waals surface area contributed by atoms with Crippen molar-refractivity contribution >= 4 is 29.0 Å². The van der Waals surface area contributed by atoms with Crippen LogP contribution in [-0.4, -0.2) is 63.8 Å². The second kappa shape index (κ2) is 9.79. The summed E-state index contributed by atoms with van der Waals surface area (Å²) in [6, 6.07) is 14.8. The van der Waals surface area contributed by atoms with Crippen LogP contribution in [0.2, 0.25) is 0 Å². The summed E-state index contributed by atoms with van der Waals surface area (Å²) < 4.78 is 9.97.